The number of thioether (sulfide) groups is 1. The van der Waals surface area contributed by atoms with Crippen LogP contribution in [0.15, 0.2) is 33.7 Å². The van der Waals surface area contributed by atoms with Gasteiger partial charge in [-0.3, -0.25) is 4.79 Å². The van der Waals surface area contributed by atoms with Crippen LogP contribution in [-0.2, 0) is 0 Å². The first-order valence-corrected chi connectivity index (χ1v) is 7.28. The predicted octanol–water partition coefficient (Wildman–Crippen LogP) is 3.09. The molecule has 1 aromatic carbocycles. The van der Waals surface area contributed by atoms with Gasteiger partial charge in [0.05, 0.1) is 6.04 Å². The summed E-state index contributed by atoms with van der Waals surface area (Å²) in [7, 11) is 0. The number of halogens is 1. The van der Waals surface area contributed by atoms with Gasteiger partial charge in [0.2, 0.25) is 0 Å². The van der Waals surface area contributed by atoms with E-state index in [1.165, 1.54) is 12.1 Å². The molecule has 104 valence electrons. The molecule has 2 heterocycles. The van der Waals surface area contributed by atoms with E-state index in [1.807, 2.05) is 0 Å². The summed E-state index contributed by atoms with van der Waals surface area (Å²) in [5, 5.41) is 6.58. The molecule has 6 heteroatoms. The van der Waals surface area contributed by atoms with Gasteiger partial charge >= 0.3 is 0 Å². The third-order valence-electron chi connectivity index (χ3n) is 3.18. The average Bonchev–Trinajstić information content (AvgIpc) is 2.86. The van der Waals surface area contributed by atoms with Crippen molar-refractivity contribution in [3.05, 3.63) is 47.1 Å². The van der Waals surface area contributed by atoms with Crippen LogP contribution in [0, 0.1) is 12.7 Å². The monoisotopic (exact) mass is 292 g/mol. The van der Waals surface area contributed by atoms with E-state index in [-0.39, 0.29) is 23.5 Å². The maximum Gasteiger partial charge on any atom is 0.273 e. The Kier molecular flexibility index (Phi) is 3.48. The number of aryl methyl sites for hydroxylation is 1. The molecular weight excluding hydrogens is 279 g/mol. The normalized spacial score (nSPS) is 17.6. The fourth-order valence-electron chi connectivity index (χ4n) is 2.22. The van der Waals surface area contributed by atoms with Crippen molar-refractivity contribution in [2.45, 2.75) is 24.3 Å². The zero-order valence-electron chi connectivity index (χ0n) is 10.9. The van der Waals surface area contributed by atoms with E-state index in [0.717, 1.165) is 22.6 Å². The summed E-state index contributed by atoms with van der Waals surface area (Å²) in [6.07, 6.45) is 0.768. The highest BCUT2D eigenvalue weighted by atomic mass is 32.2. The summed E-state index contributed by atoms with van der Waals surface area (Å²) in [5.74, 6) is 0.888. The molecule has 0 saturated carbocycles. The number of carbonyl (C=O) groups is 1. The van der Waals surface area contributed by atoms with Crippen molar-refractivity contribution in [1.29, 1.82) is 0 Å². The van der Waals surface area contributed by atoms with Gasteiger partial charge in [0.1, 0.15) is 11.6 Å². The molecule has 3 rings (SSSR count). The third-order valence-corrected chi connectivity index (χ3v) is 4.30. The maximum absolute atomic E-state index is 13.4. The summed E-state index contributed by atoms with van der Waals surface area (Å²) in [5.41, 5.74) is 1.08. The molecule has 0 radical (unpaired) electrons. The summed E-state index contributed by atoms with van der Waals surface area (Å²) >= 11 is 1.68. The largest absolute Gasteiger partial charge is 0.361 e. The summed E-state index contributed by atoms with van der Waals surface area (Å²) in [6, 6.07) is 6.08. The lowest BCUT2D eigenvalue weighted by molar-refractivity contribution is 0.0925. The van der Waals surface area contributed by atoms with Crippen LogP contribution in [0.25, 0.3) is 0 Å². The van der Waals surface area contributed by atoms with Crippen molar-refractivity contribution < 1.29 is 13.7 Å². The van der Waals surface area contributed by atoms with Crippen molar-refractivity contribution >= 4 is 17.7 Å². The number of hydrogen-bond acceptors (Lipinski definition) is 4. The molecule has 20 heavy (non-hydrogen) atoms. The van der Waals surface area contributed by atoms with Gasteiger partial charge in [0.15, 0.2) is 5.69 Å². The highest BCUT2D eigenvalue weighted by Gasteiger charge is 2.24. The second kappa shape index (κ2) is 5.28. The van der Waals surface area contributed by atoms with Crippen LogP contribution < -0.4 is 5.32 Å². The lowest BCUT2D eigenvalue weighted by Gasteiger charge is -2.25. The van der Waals surface area contributed by atoms with Crippen LogP contribution in [0.5, 0.6) is 0 Å². The van der Waals surface area contributed by atoms with Crippen LogP contribution >= 0.6 is 11.8 Å². The molecule has 1 aliphatic rings. The lowest BCUT2D eigenvalue weighted by Crippen LogP contribution is -2.30. The quantitative estimate of drug-likeness (QED) is 0.924. The van der Waals surface area contributed by atoms with E-state index in [1.54, 1.807) is 30.8 Å². The van der Waals surface area contributed by atoms with Crippen LogP contribution in [0.3, 0.4) is 0 Å². The van der Waals surface area contributed by atoms with Gasteiger partial charge < -0.3 is 9.84 Å². The highest BCUT2D eigenvalue weighted by Crippen LogP contribution is 2.36. The molecule has 1 aliphatic heterocycles. The Hall–Kier alpha value is -1.82. The minimum absolute atomic E-state index is 0.188. The molecule has 1 amide bonds. The van der Waals surface area contributed by atoms with Gasteiger partial charge in [0.25, 0.3) is 5.91 Å². The smallest absolute Gasteiger partial charge is 0.273 e. The fourth-order valence-corrected chi connectivity index (χ4v) is 3.33. The van der Waals surface area contributed by atoms with Crippen molar-refractivity contribution in [3.63, 3.8) is 0 Å². The van der Waals surface area contributed by atoms with E-state index in [4.69, 9.17) is 4.52 Å². The second-order valence-electron chi connectivity index (χ2n) is 4.67. The Bertz CT molecular complexity index is 656. The maximum atomic E-state index is 13.4. The first-order chi connectivity index (χ1) is 9.63. The molecular formula is C14H13FN2O2S. The predicted molar refractivity (Wildman–Crippen MR) is 73.2 cm³/mol. The Morgan fingerprint density at radius 3 is 3.10 bits per heavy atom. The molecule has 0 spiro atoms. The Morgan fingerprint density at radius 1 is 1.50 bits per heavy atom. The van der Waals surface area contributed by atoms with Crippen molar-refractivity contribution in [2.75, 3.05) is 5.75 Å². The first-order valence-electron chi connectivity index (χ1n) is 6.30. The number of amides is 1. The molecule has 0 aliphatic carbocycles. The number of nitrogens with one attached hydrogen (secondary N) is 1. The zero-order valence-corrected chi connectivity index (χ0v) is 11.7. The summed E-state index contributed by atoms with van der Waals surface area (Å²) in [6.45, 7) is 1.73. The summed E-state index contributed by atoms with van der Waals surface area (Å²) < 4.78 is 18.3. The number of rotatable bonds is 2. The molecule has 2 aromatic rings. The minimum Gasteiger partial charge on any atom is -0.361 e. The van der Waals surface area contributed by atoms with Gasteiger partial charge in [-0.25, -0.2) is 4.39 Å². The van der Waals surface area contributed by atoms with Crippen LogP contribution in [0.4, 0.5) is 4.39 Å². The average molecular weight is 292 g/mol. The topological polar surface area (TPSA) is 55.1 Å². The third kappa shape index (κ3) is 2.56. The second-order valence-corrected chi connectivity index (χ2v) is 5.80. The molecule has 0 bridgehead atoms. The van der Waals surface area contributed by atoms with Gasteiger partial charge in [-0.15, -0.1) is 11.8 Å². The first kappa shape index (κ1) is 13.2. The molecule has 4 nitrogen and oxygen atoms in total. The Morgan fingerprint density at radius 2 is 2.35 bits per heavy atom. The van der Waals surface area contributed by atoms with Crippen molar-refractivity contribution in [3.8, 4) is 0 Å². The molecule has 1 aromatic heterocycles. The number of hydrogen-bond donors (Lipinski definition) is 1. The van der Waals surface area contributed by atoms with Gasteiger partial charge in [-0.1, -0.05) is 5.16 Å². The fraction of sp³-hybridized carbons (Fsp3) is 0.286. The van der Waals surface area contributed by atoms with Crippen molar-refractivity contribution in [2.24, 2.45) is 0 Å². The van der Waals surface area contributed by atoms with Gasteiger partial charge in [0, 0.05) is 16.7 Å². The zero-order chi connectivity index (χ0) is 14.1. The van der Waals surface area contributed by atoms with Gasteiger partial charge in [-0.2, -0.15) is 0 Å². The molecule has 0 saturated heterocycles. The van der Waals surface area contributed by atoms with E-state index in [0.29, 0.717) is 5.76 Å². The SMILES string of the molecule is Cc1cc(C(=O)NC2CCSc3ccc(F)cc32)no1. The molecule has 1 N–H and O–H groups in total. The number of benzene rings is 1. The van der Waals surface area contributed by atoms with Crippen LogP contribution in [0.1, 0.15) is 34.3 Å². The van der Waals surface area contributed by atoms with Crippen LogP contribution in [-0.4, -0.2) is 16.8 Å². The van der Waals surface area contributed by atoms with Crippen molar-refractivity contribution in [1.82, 2.24) is 10.5 Å². The van der Waals surface area contributed by atoms with E-state index in [9.17, 15) is 9.18 Å². The standard InChI is InChI=1S/C14H13FN2O2S/c1-8-6-12(17-19-8)14(18)16-11-4-5-20-13-3-2-9(15)7-10(11)13/h2-3,6-7,11H,4-5H2,1H3,(H,16,18). The number of nitrogens with zero attached hydrogens (tertiary/aromatic N) is 1. The highest BCUT2D eigenvalue weighted by molar-refractivity contribution is 7.99. The molecule has 0 fully saturated rings. The Labute approximate surface area is 119 Å². The van der Waals surface area contributed by atoms with E-state index >= 15 is 0 Å². The van der Waals surface area contributed by atoms with E-state index in [2.05, 4.69) is 10.5 Å². The molecule has 1 atom stereocenters. The van der Waals surface area contributed by atoms with E-state index < -0.39 is 0 Å². The van der Waals surface area contributed by atoms with Crippen LogP contribution in [0.2, 0.25) is 0 Å². The number of carbonyl (C=O) groups excluding carboxylic acids is 1. The molecule has 1 unspecified atom stereocenters. The minimum atomic E-state index is -0.297. The lowest BCUT2D eigenvalue weighted by atomic mass is 10.0. The number of fused-ring (bicyclic) bond motifs is 1. The summed E-state index contributed by atoms with van der Waals surface area (Å²) in [4.78, 5) is 13.1. The van der Waals surface area contributed by atoms with Gasteiger partial charge in [-0.05, 0) is 37.1 Å². The Balaban J connectivity index is 1.82. The number of aromatic nitrogens is 1.